The third-order valence-electron chi connectivity index (χ3n) is 4.87. The Labute approximate surface area is 194 Å². The molecule has 9 heteroatoms. The van der Waals surface area contributed by atoms with E-state index >= 15 is 0 Å². The summed E-state index contributed by atoms with van der Waals surface area (Å²) in [6, 6.07) is 14.7. The van der Waals surface area contributed by atoms with Crippen molar-refractivity contribution in [3.8, 4) is 0 Å². The van der Waals surface area contributed by atoms with Crippen molar-refractivity contribution in [3.63, 3.8) is 0 Å². The predicted molar refractivity (Wildman–Crippen MR) is 126 cm³/mol. The number of nitrogens with one attached hydrogen (secondary N) is 2. The van der Waals surface area contributed by atoms with Gasteiger partial charge in [0.05, 0.1) is 0 Å². The summed E-state index contributed by atoms with van der Waals surface area (Å²) in [5.41, 5.74) is 1.56. The first kappa shape index (κ1) is 22.2. The van der Waals surface area contributed by atoms with Gasteiger partial charge in [-0.3, -0.25) is 9.78 Å². The van der Waals surface area contributed by atoms with Gasteiger partial charge in [0, 0.05) is 46.5 Å². The van der Waals surface area contributed by atoms with Crippen LogP contribution in [-0.2, 0) is 0 Å². The molecule has 1 aliphatic heterocycles. The number of rotatable bonds is 5. The molecule has 0 saturated carbocycles. The van der Waals surface area contributed by atoms with Gasteiger partial charge in [-0.15, -0.1) is 0 Å². The standard InChI is InChI=1S/C23H20F2N4OS2/c24-19-8-5-16(13-20(19)25)28-23(31)27-15-3-6-17(7-4-15)32-18-9-10-26-21(14-18)22(30)29-11-1-2-12-29/h3-10,13-14H,1-2,11-12H2,(H2,27,28,31). The van der Waals surface area contributed by atoms with Gasteiger partial charge in [0.15, 0.2) is 16.7 Å². The minimum Gasteiger partial charge on any atom is -0.337 e. The molecule has 32 heavy (non-hydrogen) atoms. The summed E-state index contributed by atoms with van der Waals surface area (Å²) in [6.45, 7) is 1.58. The number of halogens is 2. The second kappa shape index (κ2) is 10.1. The summed E-state index contributed by atoms with van der Waals surface area (Å²) in [6.07, 6.45) is 3.74. The Hall–Kier alpha value is -3.04. The van der Waals surface area contributed by atoms with Crippen LogP contribution in [0.5, 0.6) is 0 Å². The van der Waals surface area contributed by atoms with E-state index in [4.69, 9.17) is 12.2 Å². The highest BCUT2D eigenvalue weighted by molar-refractivity contribution is 7.99. The van der Waals surface area contributed by atoms with Crippen molar-refractivity contribution in [2.45, 2.75) is 22.6 Å². The maximum absolute atomic E-state index is 13.3. The molecule has 1 saturated heterocycles. The third kappa shape index (κ3) is 5.60. The van der Waals surface area contributed by atoms with E-state index in [1.807, 2.05) is 41.3 Å². The van der Waals surface area contributed by atoms with Crippen molar-refractivity contribution in [2.24, 2.45) is 0 Å². The molecule has 4 rings (SSSR count). The van der Waals surface area contributed by atoms with Crippen LogP contribution in [0.3, 0.4) is 0 Å². The maximum Gasteiger partial charge on any atom is 0.272 e. The largest absolute Gasteiger partial charge is 0.337 e. The van der Waals surface area contributed by atoms with Crippen LogP contribution in [0.2, 0.25) is 0 Å². The fraction of sp³-hybridized carbons (Fsp3) is 0.174. The van der Waals surface area contributed by atoms with E-state index in [9.17, 15) is 13.6 Å². The van der Waals surface area contributed by atoms with Crippen molar-refractivity contribution < 1.29 is 13.6 Å². The van der Waals surface area contributed by atoms with Gasteiger partial charge in [-0.1, -0.05) is 11.8 Å². The molecule has 164 valence electrons. The number of pyridine rings is 1. The van der Waals surface area contributed by atoms with Crippen LogP contribution in [0, 0.1) is 11.6 Å². The number of carbonyl (C=O) groups is 1. The molecule has 1 aliphatic rings. The summed E-state index contributed by atoms with van der Waals surface area (Å²) in [5, 5.41) is 6.08. The summed E-state index contributed by atoms with van der Waals surface area (Å²) >= 11 is 6.76. The van der Waals surface area contributed by atoms with E-state index in [-0.39, 0.29) is 11.0 Å². The zero-order valence-corrected chi connectivity index (χ0v) is 18.6. The predicted octanol–water partition coefficient (Wildman–Crippen LogP) is 5.56. The second-order valence-corrected chi connectivity index (χ2v) is 8.77. The Bertz CT molecular complexity index is 1140. The summed E-state index contributed by atoms with van der Waals surface area (Å²) in [4.78, 5) is 20.5. The SMILES string of the molecule is O=C(c1cc(Sc2ccc(NC(=S)Nc3ccc(F)c(F)c3)cc2)ccn1)N1CCCC1. The lowest BCUT2D eigenvalue weighted by atomic mass is 10.3. The molecular weight excluding hydrogens is 450 g/mol. The van der Waals surface area contributed by atoms with Gasteiger partial charge < -0.3 is 15.5 Å². The van der Waals surface area contributed by atoms with E-state index in [0.29, 0.717) is 11.4 Å². The van der Waals surface area contributed by atoms with Crippen LogP contribution in [0.25, 0.3) is 0 Å². The van der Waals surface area contributed by atoms with Crippen molar-refractivity contribution in [1.82, 2.24) is 9.88 Å². The number of anilines is 2. The fourth-order valence-electron chi connectivity index (χ4n) is 3.28. The summed E-state index contributed by atoms with van der Waals surface area (Å²) in [5.74, 6) is -1.88. The topological polar surface area (TPSA) is 57.3 Å². The number of likely N-dealkylation sites (tertiary alicyclic amines) is 1. The lowest BCUT2D eigenvalue weighted by Gasteiger charge is -2.14. The molecule has 0 atom stereocenters. The molecule has 2 aromatic carbocycles. The Kier molecular flexibility index (Phi) is 6.96. The van der Waals surface area contributed by atoms with Crippen LogP contribution in [0.4, 0.5) is 20.2 Å². The lowest BCUT2D eigenvalue weighted by Crippen LogP contribution is -2.28. The zero-order valence-electron chi connectivity index (χ0n) is 17.0. The molecule has 0 aliphatic carbocycles. The minimum absolute atomic E-state index is 0.0217. The molecule has 3 aromatic rings. The van der Waals surface area contributed by atoms with E-state index in [0.717, 1.165) is 53.5 Å². The molecule has 2 heterocycles. The number of amides is 1. The molecular formula is C23H20F2N4OS2. The first-order chi connectivity index (χ1) is 15.5. The number of carbonyl (C=O) groups excluding carboxylic acids is 1. The zero-order chi connectivity index (χ0) is 22.5. The monoisotopic (exact) mass is 470 g/mol. The lowest BCUT2D eigenvalue weighted by molar-refractivity contribution is 0.0786. The first-order valence-electron chi connectivity index (χ1n) is 10.0. The number of nitrogens with zero attached hydrogens (tertiary/aromatic N) is 2. The van der Waals surface area contributed by atoms with Crippen molar-refractivity contribution in [3.05, 3.63) is 78.1 Å². The second-order valence-electron chi connectivity index (χ2n) is 7.21. The molecule has 1 fully saturated rings. The Morgan fingerprint density at radius 3 is 2.31 bits per heavy atom. The Balaban J connectivity index is 1.35. The molecule has 5 nitrogen and oxygen atoms in total. The molecule has 0 unspecified atom stereocenters. The number of thiocarbonyl (C=S) groups is 1. The van der Waals surface area contributed by atoms with Gasteiger partial charge in [0.25, 0.3) is 5.91 Å². The first-order valence-corrected chi connectivity index (χ1v) is 11.3. The van der Waals surface area contributed by atoms with Crippen molar-refractivity contribution >= 4 is 46.4 Å². The molecule has 0 radical (unpaired) electrons. The number of hydrogen-bond donors (Lipinski definition) is 2. The molecule has 0 bridgehead atoms. The smallest absolute Gasteiger partial charge is 0.272 e. The van der Waals surface area contributed by atoms with Gasteiger partial charge >= 0.3 is 0 Å². The Morgan fingerprint density at radius 2 is 1.59 bits per heavy atom. The maximum atomic E-state index is 13.3. The molecule has 1 aromatic heterocycles. The number of hydrogen-bond acceptors (Lipinski definition) is 4. The van der Waals surface area contributed by atoms with Crippen molar-refractivity contribution in [1.29, 1.82) is 0 Å². The van der Waals surface area contributed by atoms with E-state index in [1.165, 1.54) is 17.8 Å². The van der Waals surface area contributed by atoms with E-state index in [2.05, 4.69) is 15.6 Å². The summed E-state index contributed by atoms with van der Waals surface area (Å²) in [7, 11) is 0. The summed E-state index contributed by atoms with van der Waals surface area (Å²) < 4.78 is 26.4. The van der Waals surface area contributed by atoms with Gasteiger partial charge in [-0.2, -0.15) is 0 Å². The van der Waals surface area contributed by atoms with Crippen molar-refractivity contribution in [2.75, 3.05) is 23.7 Å². The van der Waals surface area contributed by atoms with Crippen LogP contribution in [-0.4, -0.2) is 34.0 Å². The van der Waals surface area contributed by atoms with E-state index < -0.39 is 11.6 Å². The molecule has 1 amide bonds. The molecule has 2 N–H and O–H groups in total. The van der Waals surface area contributed by atoms with Gasteiger partial charge in [-0.05, 0) is 73.6 Å². The van der Waals surface area contributed by atoms with Crippen LogP contribution < -0.4 is 10.6 Å². The molecule has 0 spiro atoms. The van der Waals surface area contributed by atoms with Gasteiger partial charge in [-0.25, -0.2) is 8.78 Å². The Morgan fingerprint density at radius 1 is 0.906 bits per heavy atom. The highest BCUT2D eigenvalue weighted by Crippen LogP contribution is 2.29. The van der Waals surface area contributed by atoms with Crippen LogP contribution >= 0.6 is 24.0 Å². The average Bonchev–Trinajstić information content (AvgIpc) is 3.32. The average molecular weight is 471 g/mol. The minimum atomic E-state index is -0.944. The third-order valence-corrected chi connectivity index (χ3v) is 6.07. The fourth-order valence-corrected chi connectivity index (χ4v) is 4.36. The van der Waals surface area contributed by atoms with Gasteiger partial charge in [0.1, 0.15) is 5.69 Å². The quantitative estimate of drug-likeness (QED) is 0.477. The van der Waals surface area contributed by atoms with Crippen LogP contribution in [0.1, 0.15) is 23.3 Å². The van der Waals surface area contributed by atoms with Gasteiger partial charge in [0.2, 0.25) is 0 Å². The van der Waals surface area contributed by atoms with Crippen LogP contribution in [0.15, 0.2) is 70.6 Å². The highest BCUT2D eigenvalue weighted by Gasteiger charge is 2.20. The normalized spacial score (nSPS) is 13.1. The van der Waals surface area contributed by atoms with E-state index in [1.54, 1.807) is 6.20 Å². The number of benzene rings is 2. The number of aromatic nitrogens is 1. The highest BCUT2D eigenvalue weighted by atomic mass is 32.2.